The van der Waals surface area contributed by atoms with Gasteiger partial charge in [0.1, 0.15) is 0 Å². The Hall–Kier alpha value is -2.10. The highest BCUT2D eigenvalue weighted by molar-refractivity contribution is 5.80. The van der Waals surface area contributed by atoms with E-state index in [2.05, 4.69) is 31.3 Å². The Bertz CT molecular complexity index is 575. The number of nitrogens with one attached hydrogen (secondary N) is 1. The first kappa shape index (κ1) is 17.3. The molecule has 124 valence electrons. The first-order valence-electron chi connectivity index (χ1n) is 8.26. The molecule has 1 fully saturated rings. The van der Waals surface area contributed by atoms with Gasteiger partial charge in [-0.25, -0.2) is 0 Å². The van der Waals surface area contributed by atoms with Crippen molar-refractivity contribution in [3.05, 3.63) is 41.5 Å². The van der Waals surface area contributed by atoms with Crippen molar-refractivity contribution in [3.8, 4) is 0 Å². The number of aliphatic carboxylic acids is 1. The van der Waals surface area contributed by atoms with E-state index in [0.717, 1.165) is 18.4 Å². The van der Waals surface area contributed by atoms with E-state index in [1.807, 2.05) is 24.3 Å². The lowest BCUT2D eigenvalue weighted by Crippen LogP contribution is -2.39. The van der Waals surface area contributed by atoms with Crippen molar-refractivity contribution in [1.82, 2.24) is 5.32 Å². The maximum Gasteiger partial charge on any atom is 0.308 e. The summed E-state index contributed by atoms with van der Waals surface area (Å²) in [6.45, 7) is 4.31. The van der Waals surface area contributed by atoms with Crippen LogP contribution in [0.4, 0.5) is 0 Å². The molecule has 0 radical (unpaired) electrons. The Morgan fingerprint density at radius 3 is 2.57 bits per heavy atom. The number of carbonyl (C=O) groups is 2. The van der Waals surface area contributed by atoms with Crippen LogP contribution in [0.3, 0.4) is 0 Å². The molecule has 23 heavy (non-hydrogen) atoms. The van der Waals surface area contributed by atoms with Crippen molar-refractivity contribution in [2.24, 2.45) is 5.92 Å². The van der Waals surface area contributed by atoms with Gasteiger partial charge in [-0.1, -0.05) is 56.7 Å². The molecule has 0 aliphatic heterocycles. The second-order valence-electron chi connectivity index (χ2n) is 6.48. The van der Waals surface area contributed by atoms with Gasteiger partial charge in [-0.15, -0.1) is 0 Å². The van der Waals surface area contributed by atoms with Gasteiger partial charge in [0.2, 0.25) is 5.91 Å². The minimum absolute atomic E-state index is 0.113. The summed E-state index contributed by atoms with van der Waals surface area (Å²) < 4.78 is 0. The fourth-order valence-electron chi connectivity index (χ4n) is 2.99. The zero-order valence-electron chi connectivity index (χ0n) is 13.8. The average molecular weight is 315 g/mol. The number of carboxylic acid groups (broad SMARTS) is 1. The lowest BCUT2D eigenvalue weighted by molar-refractivity contribution is -0.142. The molecular formula is C19H25NO3. The van der Waals surface area contributed by atoms with Gasteiger partial charge in [-0.3, -0.25) is 9.59 Å². The Morgan fingerprint density at radius 2 is 1.96 bits per heavy atom. The fourth-order valence-corrected chi connectivity index (χ4v) is 2.99. The molecule has 0 saturated heterocycles. The van der Waals surface area contributed by atoms with Crippen molar-refractivity contribution in [3.63, 3.8) is 0 Å². The minimum atomic E-state index is -0.811. The molecule has 1 aliphatic rings. The molecule has 4 heteroatoms. The van der Waals surface area contributed by atoms with Crippen LogP contribution in [0.2, 0.25) is 0 Å². The SMILES string of the molecule is CC(C)c1ccc(/C=C/CC(=O)N[C@@H]2CCC[C@@H]2C(=O)O)cc1. The molecule has 0 heterocycles. The predicted molar refractivity (Wildman–Crippen MR) is 91.1 cm³/mol. The van der Waals surface area contributed by atoms with E-state index in [-0.39, 0.29) is 18.4 Å². The van der Waals surface area contributed by atoms with Crippen LogP contribution in [-0.4, -0.2) is 23.0 Å². The van der Waals surface area contributed by atoms with Crippen molar-refractivity contribution in [1.29, 1.82) is 0 Å². The van der Waals surface area contributed by atoms with Crippen LogP contribution in [0.5, 0.6) is 0 Å². The molecule has 1 aromatic rings. The van der Waals surface area contributed by atoms with Gasteiger partial charge >= 0.3 is 5.97 Å². The third-order valence-electron chi connectivity index (χ3n) is 4.40. The number of rotatable bonds is 6. The van der Waals surface area contributed by atoms with Crippen LogP contribution in [0, 0.1) is 5.92 Å². The smallest absolute Gasteiger partial charge is 0.308 e. The van der Waals surface area contributed by atoms with Crippen molar-refractivity contribution in [2.75, 3.05) is 0 Å². The fraction of sp³-hybridized carbons (Fsp3) is 0.474. The van der Waals surface area contributed by atoms with E-state index in [9.17, 15) is 9.59 Å². The first-order valence-corrected chi connectivity index (χ1v) is 8.26. The Kier molecular flexibility index (Phi) is 5.97. The summed E-state index contributed by atoms with van der Waals surface area (Å²) in [7, 11) is 0. The predicted octanol–water partition coefficient (Wildman–Crippen LogP) is 3.58. The number of hydrogen-bond acceptors (Lipinski definition) is 2. The highest BCUT2D eigenvalue weighted by Crippen LogP contribution is 2.25. The minimum Gasteiger partial charge on any atom is -0.481 e. The number of carbonyl (C=O) groups excluding carboxylic acids is 1. The van der Waals surface area contributed by atoms with E-state index in [1.54, 1.807) is 0 Å². The molecule has 0 spiro atoms. The monoisotopic (exact) mass is 315 g/mol. The number of carboxylic acids is 1. The van der Waals surface area contributed by atoms with Crippen LogP contribution in [0.15, 0.2) is 30.3 Å². The second kappa shape index (κ2) is 7.95. The molecule has 0 bridgehead atoms. The van der Waals surface area contributed by atoms with E-state index in [4.69, 9.17) is 5.11 Å². The lowest BCUT2D eigenvalue weighted by atomic mass is 10.0. The van der Waals surface area contributed by atoms with E-state index >= 15 is 0 Å². The van der Waals surface area contributed by atoms with Crippen LogP contribution in [-0.2, 0) is 9.59 Å². The van der Waals surface area contributed by atoms with Crippen molar-refractivity contribution < 1.29 is 14.7 Å². The summed E-state index contributed by atoms with van der Waals surface area (Å²) in [5, 5.41) is 12.0. The number of hydrogen-bond donors (Lipinski definition) is 2. The van der Waals surface area contributed by atoms with E-state index < -0.39 is 11.9 Å². The topological polar surface area (TPSA) is 66.4 Å². The van der Waals surface area contributed by atoms with Crippen LogP contribution in [0.1, 0.15) is 56.6 Å². The first-order chi connectivity index (χ1) is 11.0. The van der Waals surface area contributed by atoms with Gasteiger partial charge in [0.25, 0.3) is 0 Å². The van der Waals surface area contributed by atoms with Crippen molar-refractivity contribution >= 4 is 18.0 Å². The zero-order chi connectivity index (χ0) is 16.8. The molecule has 0 aromatic heterocycles. The molecular weight excluding hydrogens is 290 g/mol. The average Bonchev–Trinajstić information content (AvgIpc) is 2.96. The molecule has 2 atom stereocenters. The van der Waals surface area contributed by atoms with Gasteiger partial charge in [0.15, 0.2) is 0 Å². The molecule has 2 rings (SSSR count). The number of benzene rings is 1. The second-order valence-corrected chi connectivity index (χ2v) is 6.48. The molecule has 1 aliphatic carbocycles. The Balaban J connectivity index is 1.83. The third kappa shape index (κ3) is 4.95. The highest BCUT2D eigenvalue weighted by Gasteiger charge is 2.33. The van der Waals surface area contributed by atoms with E-state index in [0.29, 0.717) is 12.3 Å². The largest absolute Gasteiger partial charge is 0.481 e. The Labute approximate surface area is 137 Å². The summed E-state index contributed by atoms with van der Waals surface area (Å²) in [5.41, 5.74) is 2.35. The molecule has 2 N–H and O–H groups in total. The maximum absolute atomic E-state index is 11.9. The summed E-state index contributed by atoms with van der Waals surface area (Å²) in [6, 6.07) is 8.06. The van der Waals surface area contributed by atoms with Gasteiger partial charge in [-0.2, -0.15) is 0 Å². The molecule has 4 nitrogen and oxygen atoms in total. The maximum atomic E-state index is 11.9. The lowest BCUT2D eigenvalue weighted by Gasteiger charge is -2.16. The molecule has 1 saturated carbocycles. The summed E-state index contributed by atoms with van der Waals surface area (Å²) >= 11 is 0. The van der Waals surface area contributed by atoms with Crippen LogP contribution in [0.25, 0.3) is 6.08 Å². The van der Waals surface area contributed by atoms with Gasteiger partial charge in [0.05, 0.1) is 5.92 Å². The molecule has 0 unspecified atom stereocenters. The van der Waals surface area contributed by atoms with Gasteiger partial charge in [-0.05, 0) is 29.9 Å². The van der Waals surface area contributed by atoms with Crippen LogP contribution < -0.4 is 5.32 Å². The zero-order valence-corrected chi connectivity index (χ0v) is 13.8. The quantitative estimate of drug-likeness (QED) is 0.843. The number of amides is 1. The van der Waals surface area contributed by atoms with E-state index in [1.165, 1.54) is 5.56 Å². The summed E-state index contributed by atoms with van der Waals surface area (Å²) in [4.78, 5) is 23.0. The molecule has 1 aromatic carbocycles. The third-order valence-corrected chi connectivity index (χ3v) is 4.40. The summed E-state index contributed by atoms with van der Waals surface area (Å²) in [5.74, 6) is -0.856. The normalized spacial score (nSPS) is 21.0. The Morgan fingerprint density at radius 1 is 1.26 bits per heavy atom. The van der Waals surface area contributed by atoms with Gasteiger partial charge in [0, 0.05) is 12.5 Å². The molecule has 1 amide bonds. The highest BCUT2D eigenvalue weighted by atomic mass is 16.4. The summed E-state index contributed by atoms with van der Waals surface area (Å²) in [6.07, 6.45) is 6.29. The van der Waals surface area contributed by atoms with Crippen molar-refractivity contribution in [2.45, 2.75) is 51.5 Å². The standard InChI is InChI=1S/C19H25NO3/c1-13(2)15-11-9-14(10-12-15)5-3-8-18(21)20-17-7-4-6-16(17)19(22)23/h3,5,9-13,16-17H,4,6-8H2,1-2H3,(H,20,21)(H,22,23)/b5-3+/t16-,17+/m0/s1. The van der Waals surface area contributed by atoms with Crippen LogP contribution >= 0.6 is 0 Å². The van der Waals surface area contributed by atoms with Gasteiger partial charge < -0.3 is 10.4 Å².